The smallest absolute Gasteiger partial charge is 0.416 e. The molecule has 0 saturated heterocycles. The van der Waals surface area contributed by atoms with Crippen molar-refractivity contribution in [1.82, 2.24) is 9.78 Å². The van der Waals surface area contributed by atoms with Gasteiger partial charge in [-0.3, -0.25) is 0 Å². The lowest BCUT2D eigenvalue weighted by Gasteiger charge is -2.32. The van der Waals surface area contributed by atoms with Crippen molar-refractivity contribution in [3.05, 3.63) is 53.5 Å². The largest absolute Gasteiger partial charge is 0.466 e. The van der Waals surface area contributed by atoms with Crippen LogP contribution in [0.15, 0.2) is 47.9 Å². The van der Waals surface area contributed by atoms with Crippen LogP contribution in [0.4, 0.5) is 18.9 Å². The second-order valence-electron chi connectivity index (χ2n) is 5.87. The summed E-state index contributed by atoms with van der Waals surface area (Å²) >= 11 is 0. The molecule has 1 aromatic heterocycles. The molecule has 0 radical (unpaired) electrons. The third-order valence-corrected chi connectivity index (χ3v) is 4.18. The lowest BCUT2D eigenvalue weighted by atomic mass is 10.1. The van der Waals surface area contributed by atoms with Gasteiger partial charge >= 0.3 is 18.1 Å². The van der Waals surface area contributed by atoms with Gasteiger partial charge in [-0.2, -0.15) is 18.3 Å². The molecule has 0 unspecified atom stereocenters. The molecule has 0 spiro atoms. The number of alkyl halides is 3. The second-order valence-corrected chi connectivity index (χ2v) is 5.87. The van der Waals surface area contributed by atoms with E-state index in [1.54, 1.807) is 6.07 Å². The van der Waals surface area contributed by atoms with E-state index in [1.807, 2.05) is 0 Å². The monoisotopic (exact) mass is 411 g/mol. The summed E-state index contributed by atoms with van der Waals surface area (Å²) in [4.78, 5) is 25.7. The van der Waals surface area contributed by atoms with E-state index in [9.17, 15) is 22.8 Å². The maximum atomic E-state index is 13.3. The topological polar surface area (TPSA) is 82.9 Å². The van der Waals surface area contributed by atoms with Crippen LogP contribution >= 0.6 is 0 Å². The fourth-order valence-electron chi connectivity index (χ4n) is 2.85. The van der Waals surface area contributed by atoms with E-state index in [0.29, 0.717) is 0 Å². The number of carbonyl (C=O) groups is 2. The summed E-state index contributed by atoms with van der Waals surface area (Å²) in [7, 11) is 2.21. The predicted octanol–water partition coefficient (Wildman–Crippen LogP) is 2.29. The zero-order chi connectivity index (χ0) is 21.2. The van der Waals surface area contributed by atoms with Gasteiger partial charge in [-0.1, -0.05) is 0 Å². The Morgan fingerprint density at radius 2 is 1.86 bits per heavy atom. The average Bonchev–Trinajstić information content (AvgIpc) is 3.25. The van der Waals surface area contributed by atoms with E-state index < -0.39 is 23.7 Å². The molecular formula is C18H16F3N3O5. The molecule has 0 N–H and O–H groups in total. The minimum atomic E-state index is -4.63. The molecule has 11 heteroatoms. The third-order valence-electron chi connectivity index (χ3n) is 4.18. The Balaban J connectivity index is 2.26. The molecular weight excluding hydrogens is 395 g/mol. The summed E-state index contributed by atoms with van der Waals surface area (Å²) in [6.45, 7) is -0.551. The quantitative estimate of drug-likeness (QED) is 0.714. The highest BCUT2D eigenvalue weighted by atomic mass is 19.4. The van der Waals surface area contributed by atoms with E-state index in [1.165, 1.54) is 23.1 Å². The van der Waals surface area contributed by atoms with Crippen LogP contribution in [0.25, 0.3) is 5.69 Å². The third kappa shape index (κ3) is 3.94. The number of aromatic nitrogens is 2. The molecule has 154 valence electrons. The van der Waals surface area contributed by atoms with Crippen molar-refractivity contribution in [1.29, 1.82) is 0 Å². The van der Waals surface area contributed by atoms with Crippen molar-refractivity contribution in [3.8, 4) is 5.69 Å². The van der Waals surface area contributed by atoms with Crippen LogP contribution in [0.3, 0.4) is 0 Å². The van der Waals surface area contributed by atoms with Crippen molar-refractivity contribution >= 4 is 17.6 Å². The van der Waals surface area contributed by atoms with Gasteiger partial charge in [0, 0.05) is 12.4 Å². The molecule has 29 heavy (non-hydrogen) atoms. The normalized spacial score (nSPS) is 14.7. The first-order valence-electron chi connectivity index (χ1n) is 8.24. The van der Waals surface area contributed by atoms with Crippen LogP contribution < -0.4 is 4.90 Å². The molecule has 2 aromatic rings. The van der Waals surface area contributed by atoms with E-state index in [-0.39, 0.29) is 36.0 Å². The molecule has 8 nitrogen and oxygen atoms in total. The number of anilines is 1. The summed E-state index contributed by atoms with van der Waals surface area (Å²) in [6.07, 6.45) is -1.65. The minimum absolute atomic E-state index is 0.0509. The van der Waals surface area contributed by atoms with Gasteiger partial charge in [-0.05, 0) is 24.3 Å². The fourth-order valence-corrected chi connectivity index (χ4v) is 2.85. The number of methoxy groups -OCH3 is 2. The number of halogens is 3. The highest BCUT2D eigenvalue weighted by molar-refractivity contribution is 6.03. The Morgan fingerprint density at radius 1 is 1.14 bits per heavy atom. The van der Waals surface area contributed by atoms with E-state index in [0.717, 1.165) is 31.3 Å². The molecule has 0 bridgehead atoms. The first kappa shape index (κ1) is 20.4. The summed E-state index contributed by atoms with van der Waals surface area (Å²) in [5, 5.41) is 4.04. The highest BCUT2D eigenvalue weighted by Gasteiger charge is 2.36. The standard InChI is InChI=1S/C18H16F3N3O5/c1-27-16(25)12-9-29-10-23(15(12)17(26)28-2)14-8-11(18(19,20)21)4-5-13(14)24-7-3-6-22-24/h3-8H,9-10H2,1-2H3. The van der Waals surface area contributed by atoms with Gasteiger partial charge in [0.25, 0.3) is 0 Å². The SMILES string of the molecule is COC(=O)C1=C(C(=O)OC)N(c2cc(C(F)(F)F)ccc2-n2cccn2)COC1. The first-order valence-corrected chi connectivity index (χ1v) is 8.24. The number of esters is 2. The van der Waals surface area contributed by atoms with Gasteiger partial charge in [0.1, 0.15) is 12.4 Å². The van der Waals surface area contributed by atoms with Crippen LogP contribution in [0.5, 0.6) is 0 Å². The zero-order valence-corrected chi connectivity index (χ0v) is 15.4. The summed E-state index contributed by atoms with van der Waals surface area (Å²) < 4.78 is 56.1. The Morgan fingerprint density at radius 3 is 2.45 bits per heavy atom. The van der Waals surface area contributed by atoms with Crippen LogP contribution in [0.1, 0.15) is 5.56 Å². The Kier molecular flexibility index (Phi) is 5.59. The zero-order valence-electron chi connectivity index (χ0n) is 15.4. The Labute approximate surface area is 163 Å². The van der Waals surface area contributed by atoms with Crippen LogP contribution in [-0.2, 0) is 30.0 Å². The molecule has 0 amide bonds. The molecule has 1 aromatic carbocycles. The maximum absolute atomic E-state index is 13.3. The number of hydrogen-bond acceptors (Lipinski definition) is 7. The van der Waals surface area contributed by atoms with Gasteiger partial charge in [-0.15, -0.1) is 0 Å². The lowest BCUT2D eigenvalue weighted by Crippen LogP contribution is -2.39. The van der Waals surface area contributed by atoms with Crippen molar-refractivity contribution in [2.24, 2.45) is 0 Å². The van der Waals surface area contributed by atoms with E-state index in [4.69, 9.17) is 9.47 Å². The van der Waals surface area contributed by atoms with Gasteiger partial charge in [0.05, 0.1) is 43.3 Å². The first-order chi connectivity index (χ1) is 13.8. The summed E-state index contributed by atoms with van der Waals surface area (Å²) in [6, 6.07) is 4.55. The molecule has 0 fully saturated rings. The number of carbonyl (C=O) groups excluding carboxylic acids is 2. The molecule has 0 atom stereocenters. The van der Waals surface area contributed by atoms with Crippen LogP contribution in [0, 0.1) is 0 Å². The van der Waals surface area contributed by atoms with Crippen molar-refractivity contribution < 1.29 is 37.0 Å². The lowest BCUT2D eigenvalue weighted by molar-refractivity contribution is -0.140. The molecule has 0 aliphatic carbocycles. The number of nitrogens with zero attached hydrogens (tertiary/aromatic N) is 3. The van der Waals surface area contributed by atoms with Crippen molar-refractivity contribution in [2.75, 3.05) is 32.5 Å². The van der Waals surface area contributed by atoms with Crippen LogP contribution in [-0.4, -0.2) is 49.3 Å². The molecule has 1 aliphatic heterocycles. The number of benzene rings is 1. The second kappa shape index (κ2) is 7.95. The molecule has 1 aliphatic rings. The van der Waals surface area contributed by atoms with Crippen LogP contribution in [0.2, 0.25) is 0 Å². The number of rotatable bonds is 4. The highest BCUT2D eigenvalue weighted by Crippen LogP contribution is 2.37. The van der Waals surface area contributed by atoms with Gasteiger partial charge in [-0.25, -0.2) is 14.3 Å². The fraction of sp³-hybridized carbons (Fsp3) is 0.278. The minimum Gasteiger partial charge on any atom is -0.466 e. The Hall–Kier alpha value is -3.34. The molecule has 0 saturated carbocycles. The number of ether oxygens (including phenoxy) is 3. The summed E-state index contributed by atoms with van der Waals surface area (Å²) in [5.74, 6) is -1.78. The van der Waals surface area contributed by atoms with Crippen molar-refractivity contribution in [2.45, 2.75) is 6.18 Å². The van der Waals surface area contributed by atoms with Crippen molar-refractivity contribution in [3.63, 3.8) is 0 Å². The maximum Gasteiger partial charge on any atom is 0.416 e. The molecule has 3 rings (SSSR count). The molecule has 2 heterocycles. The summed E-state index contributed by atoms with van der Waals surface area (Å²) in [5.41, 5.74) is -1.20. The van der Waals surface area contributed by atoms with Gasteiger partial charge in [0.2, 0.25) is 0 Å². The van der Waals surface area contributed by atoms with Gasteiger partial charge < -0.3 is 19.1 Å². The van der Waals surface area contributed by atoms with E-state index >= 15 is 0 Å². The average molecular weight is 411 g/mol. The Bertz CT molecular complexity index is 954. The number of hydrogen-bond donors (Lipinski definition) is 0. The van der Waals surface area contributed by atoms with E-state index in [2.05, 4.69) is 9.84 Å². The van der Waals surface area contributed by atoms with Gasteiger partial charge in [0.15, 0.2) is 0 Å². The predicted molar refractivity (Wildman–Crippen MR) is 92.9 cm³/mol.